The average Bonchev–Trinajstić information content (AvgIpc) is 3.65. The Morgan fingerprint density at radius 1 is 0.865 bits per heavy atom. The third-order valence-corrected chi connectivity index (χ3v) is 9.20. The number of rotatable bonds is 13. The highest BCUT2D eigenvalue weighted by Crippen LogP contribution is 2.31. The van der Waals surface area contributed by atoms with Crippen LogP contribution in [-0.2, 0) is 16.8 Å². The van der Waals surface area contributed by atoms with Crippen LogP contribution in [0.15, 0.2) is 66.7 Å². The first-order valence-corrected chi connectivity index (χ1v) is 17.7. The number of likely N-dealkylation sites (N-methyl/N-ethyl adjacent to an activating group) is 1. The maximum atomic E-state index is 13.4. The van der Waals surface area contributed by atoms with Gasteiger partial charge in [-0.25, -0.2) is 4.79 Å². The molecule has 0 bridgehead atoms. The summed E-state index contributed by atoms with van der Waals surface area (Å²) in [6.07, 6.45) is 0.416. The molecule has 0 spiro atoms. The van der Waals surface area contributed by atoms with E-state index in [2.05, 4.69) is 50.1 Å². The molecule has 0 aliphatic heterocycles. The van der Waals surface area contributed by atoms with Crippen LogP contribution in [-0.4, -0.2) is 92.2 Å². The number of aromatic hydroxyl groups is 1. The maximum absolute atomic E-state index is 13.4. The molecule has 1 amide bonds. The fourth-order valence-corrected chi connectivity index (χ4v) is 5.92. The van der Waals surface area contributed by atoms with Crippen LogP contribution in [0.5, 0.6) is 5.75 Å². The van der Waals surface area contributed by atoms with Crippen molar-refractivity contribution in [3.05, 3.63) is 94.5 Å². The number of carboxylic acid groups (broad SMARTS) is 1. The van der Waals surface area contributed by atoms with E-state index in [9.17, 15) is 24.9 Å². The summed E-state index contributed by atoms with van der Waals surface area (Å²) in [4.78, 5) is 26.3. The summed E-state index contributed by atoms with van der Waals surface area (Å²) in [6, 6.07) is 20.4. The lowest BCUT2D eigenvalue weighted by Gasteiger charge is -2.25. The van der Waals surface area contributed by atoms with Gasteiger partial charge in [-0.2, -0.15) is 0 Å². The molecule has 3 aromatic carbocycles. The van der Waals surface area contributed by atoms with E-state index < -0.39 is 37.0 Å². The molecular weight excluding hydrogens is 664 g/mol. The van der Waals surface area contributed by atoms with Gasteiger partial charge in [-0.05, 0) is 72.3 Å². The number of aliphatic hydroxyl groups excluding tert-OH is 5. The van der Waals surface area contributed by atoms with Gasteiger partial charge in [0.2, 0.25) is 5.91 Å². The van der Waals surface area contributed by atoms with Gasteiger partial charge in [-0.15, -0.1) is 0 Å². The molecule has 0 aromatic heterocycles. The molecule has 4 rings (SSSR count). The lowest BCUT2D eigenvalue weighted by molar-refractivity contribution is -0.119. The van der Waals surface area contributed by atoms with Gasteiger partial charge in [0.25, 0.3) is 0 Å². The Morgan fingerprint density at radius 2 is 1.42 bits per heavy atom. The number of aromatic carboxylic acids is 1. The summed E-state index contributed by atoms with van der Waals surface area (Å²) in [5.41, 5.74) is 4.42. The number of nitrogens with one attached hydrogen (secondary N) is 1. The molecule has 11 heteroatoms. The van der Waals surface area contributed by atoms with Gasteiger partial charge >= 0.3 is 5.97 Å². The summed E-state index contributed by atoms with van der Waals surface area (Å²) in [7, 11) is 1.57. The Kier molecular flexibility index (Phi) is 16.3. The molecule has 0 unspecified atom stereocenters. The van der Waals surface area contributed by atoms with Gasteiger partial charge in [0.15, 0.2) is 0 Å². The fourth-order valence-electron chi connectivity index (χ4n) is 5.92. The number of hydrogen-bond donors (Lipinski definition) is 8. The Labute approximate surface area is 306 Å². The fraction of sp³-hybridized carbons (Fsp3) is 0.463. The number of amides is 1. The van der Waals surface area contributed by atoms with Gasteiger partial charge in [0.1, 0.15) is 29.6 Å². The number of hydrogen-bond acceptors (Lipinski definition) is 9. The molecule has 1 aliphatic carbocycles. The number of anilines is 1. The SMILES string of the molecule is CC(C)(C)c1ccc(C#Cc2ccc(CN(C(=O)CCC3CCCC3)c3ccc(C(=O)O)c(O)c3)cc2)cc1.CNC[C@H](O)[C@@H](O)[C@H](O)[C@H](O)CO. The molecule has 1 fully saturated rings. The topological polar surface area (TPSA) is 191 Å². The molecule has 11 nitrogen and oxygen atoms in total. The lowest BCUT2D eigenvalue weighted by Crippen LogP contribution is -2.48. The van der Waals surface area contributed by atoms with Gasteiger partial charge in [-0.1, -0.05) is 82.6 Å². The minimum Gasteiger partial charge on any atom is -0.507 e. The van der Waals surface area contributed by atoms with Crippen LogP contribution in [0, 0.1) is 17.8 Å². The smallest absolute Gasteiger partial charge is 0.339 e. The normalized spacial score (nSPS) is 15.3. The first-order chi connectivity index (χ1) is 24.6. The molecule has 282 valence electrons. The van der Waals surface area contributed by atoms with E-state index in [0.29, 0.717) is 24.6 Å². The number of carboxylic acids is 1. The highest BCUT2D eigenvalue weighted by Gasteiger charge is 2.29. The van der Waals surface area contributed by atoms with Crippen molar-refractivity contribution in [3.8, 4) is 17.6 Å². The van der Waals surface area contributed by atoms with Gasteiger partial charge in [-0.3, -0.25) is 4.79 Å². The summed E-state index contributed by atoms with van der Waals surface area (Å²) >= 11 is 0. The second-order valence-electron chi connectivity index (χ2n) is 14.3. The predicted molar refractivity (Wildman–Crippen MR) is 200 cm³/mol. The largest absolute Gasteiger partial charge is 0.507 e. The molecule has 4 atom stereocenters. The highest BCUT2D eigenvalue weighted by atomic mass is 16.4. The van der Waals surface area contributed by atoms with Crippen molar-refractivity contribution in [1.82, 2.24) is 5.32 Å². The number of carbonyl (C=O) groups is 2. The molecule has 3 aromatic rings. The van der Waals surface area contributed by atoms with E-state index in [1.807, 2.05) is 36.4 Å². The highest BCUT2D eigenvalue weighted by molar-refractivity contribution is 5.96. The summed E-state index contributed by atoms with van der Waals surface area (Å²) < 4.78 is 0. The first-order valence-electron chi connectivity index (χ1n) is 17.7. The van der Waals surface area contributed by atoms with E-state index in [0.717, 1.165) is 23.1 Å². The number of nitrogens with zero attached hydrogens (tertiary/aromatic N) is 1. The minimum atomic E-state index is -1.55. The van der Waals surface area contributed by atoms with Crippen LogP contribution < -0.4 is 10.2 Å². The van der Waals surface area contributed by atoms with E-state index in [1.165, 1.54) is 43.4 Å². The maximum Gasteiger partial charge on any atom is 0.339 e. The van der Waals surface area contributed by atoms with Crippen LogP contribution in [0.2, 0.25) is 0 Å². The zero-order valence-electron chi connectivity index (χ0n) is 30.5. The zero-order valence-corrected chi connectivity index (χ0v) is 30.5. The Balaban J connectivity index is 0.000000478. The number of phenols is 1. The third kappa shape index (κ3) is 12.7. The quantitative estimate of drug-likeness (QED) is 0.120. The lowest BCUT2D eigenvalue weighted by atomic mass is 9.87. The van der Waals surface area contributed by atoms with Crippen molar-refractivity contribution in [2.24, 2.45) is 5.92 Å². The Bertz CT molecular complexity index is 1640. The van der Waals surface area contributed by atoms with E-state index in [4.69, 9.17) is 20.4 Å². The Morgan fingerprint density at radius 3 is 1.92 bits per heavy atom. The van der Waals surface area contributed by atoms with Crippen molar-refractivity contribution in [2.75, 3.05) is 25.1 Å². The second kappa shape index (κ2) is 20.1. The van der Waals surface area contributed by atoms with Crippen LogP contribution in [0.1, 0.15) is 91.9 Å². The van der Waals surface area contributed by atoms with Gasteiger partial charge < -0.3 is 46.0 Å². The molecule has 1 aliphatic rings. The molecule has 0 radical (unpaired) electrons. The summed E-state index contributed by atoms with van der Waals surface area (Å²) in [5, 5.41) is 67.0. The monoisotopic (exact) mass is 718 g/mol. The van der Waals surface area contributed by atoms with E-state index >= 15 is 0 Å². The molecule has 8 N–H and O–H groups in total. The van der Waals surface area contributed by atoms with Crippen molar-refractivity contribution in [1.29, 1.82) is 0 Å². The van der Waals surface area contributed by atoms with E-state index in [1.54, 1.807) is 18.0 Å². The number of aliphatic hydroxyl groups is 5. The minimum absolute atomic E-state index is 0.0352. The molecular formula is C41H54N2O9. The van der Waals surface area contributed by atoms with Crippen LogP contribution in [0.4, 0.5) is 5.69 Å². The second-order valence-corrected chi connectivity index (χ2v) is 14.3. The molecule has 0 heterocycles. The van der Waals surface area contributed by atoms with Gasteiger partial charge in [0, 0.05) is 35.8 Å². The molecule has 0 saturated heterocycles. The zero-order chi connectivity index (χ0) is 38.4. The average molecular weight is 719 g/mol. The molecule has 52 heavy (non-hydrogen) atoms. The molecule has 1 saturated carbocycles. The van der Waals surface area contributed by atoms with Gasteiger partial charge in [0.05, 0.1) is 19.3 Å². The van der Waals surface area contributed by atoms with Crippen molar-refractivity contribution in [2.45, 2.75) is 95.7 Å². The number of benzene rings is 3. The summed E-state index contributed by atoms with van der Waals surface area (Å²) in [6.45, 7) is 6.31. The van der Waals surface area contributed by atoms with Crippen LogP contribution >= 0.6 is 0 Å². The van der Waals surface area contributed by atoms with E-state index in [-0.39, 0.29) is 29.2 Å². The third-order valence-electron chi connectivity index (χ3n) is 9.20. The van der Waals surface area contributed by atoms with Crippen molar-refractivity contribution >= 4 is 17.6 Å². The summed E-state index contributed by atoms with van der Waals surface area (Å²) in [5.74, 6) is 5.42. The van der Waals surface area contributed by atoms with Crippen LogP contribution in [0.25, 0.3) is 0 Å². The van der Waals surface area contributed by atoms with Crippen molar-refractivity contribution < 1.29 is 45.3 Å². The number of carbonyl (C=O) groups excluding carboxylic acids is 1. The standard InChI is InChI=1S/C34H37NO4.C7H17NO5/c1-34(2,3)28-17-14-26(15-18-28)9-8-25-10-12-27(13-11-25)23-35(32(37)21-16-24-6-4-5-7-24)29-19-20-30(33(38)39)31(36)22-29;1-8-2-4(10)6(12)7(13)5(11)3-9/h10-15,17-20,22,24,36H,4-7,16,21,23H2,1-3H3,(H,38,39);4-13H,2-3H2,1H3/t;4-,5+,6+,7+/m.0/s1. The van der Waals surface area contributed by atoms with Crippen molar-refractivity contribution in [3.63, 3.8) is 0 Å². The predicted octanol–water partition coefficient (Wildman–Crippen LogP) is 3.93. The van der Waals surface area contributed by atoms with Crippen LogP contribution in [0.3, 0.4) is 0 Å². The first kappa shape index (κ1) is 42.1. The Hall–Kier alpha value is -4.28.